The molecule has 0 N–H and O–H groups in total. The number of pyridine rings is 1. The Balaban J connectivity index is 2.25. The third-order valence-corrected chi connectivity index (χ3v) is 4.48. The van der Waals surface area contributed by atoms with Crippen molar-refractivity contribution in [2.24, 2.45) is 0 Å². The average Bonchev–Trinajstić information content (AvgIpc) is 2.67. The van der Waals surface area contributed by atoms with Crippen LogP contribution in [-0.4, -0.2) is 43.1 Å². The van der Waals surface area contributed by atoms with Gasteiger partial charge in [0.2, 0.25) is 0 Å². The maximum Gasteiger partial charge on any atom is 0.146 e. The zero-order valence-electron chi connectivity index (χ0n) is 12.4. The maximum absolute atomic E-state index is 9.38. The highest BCUT2D eigenvalue weighted by molar-refractivity contribution is 6.31. The standard InChI is InChI=1S/C15H21ClN4/c1-11-13(9-17)15(18-10-14(11)16)20-7-4-5-12(6-8-20)19(2)3/h10,12H,4-8H2,1-3H3. The van der Waals surface area contributed by atoms with Gasteiger partial charge in [0.1, 0.15) is 11.9 Å². The van der Waals surface area contributed by atoms with Gasteiger partial charge in [0.25, 0.3) is 0 Å². The summed E-state index contributed by atoms with van der Waals surface area (Å²) in [6.07, 6.45) is 5.07. The Morgan fingerprint density at radius 2 is 2.15 bits per heavy atom. The second kappa shape index (κ2) is 6.43. The summed E-state index contributed by atoms with van der Waals surface area (Å²) >= 11 is 6.06. The molecule has 1 aromatic rings. The molecule has 2 rings (SSSR count). The lowest BCUT2D eigenvalue weighted by molar-refractivity contribution is 0.272. The highest BCUT2D eigenvalue weighted by atomic mass is 35.5. The Bertz CT molecular complexity index is 521. The van der Waals surface area contributed by atoms with E-state index in [9.17, 15) is 5.26 Å². The first-order chi connectivity index (χ1) is 9.54. The predicted molar refractivity (Wildman–Crippen MR) is 82.2 cm³/mol. The first-order valence-corrected chi connectivity index (χ1v) is 7.39. The van der Waals surface area contributed by atoms with Crippen LogP contribution in [0, 0.1) is 18.3 Å². The Labute approximate surface area is 126 Å². The van der Waals surface area contributed by atoms with Crippen molar-refractivity contribution >= 4 is 17.4 Å². The molecule has 108 valence electrons. The van der Waals surface area contributed by atoms with E-state index in [1.54, 1.807) is 6.20 Å². The zero-order chi connectivity index (χ0) is 14.7. The highest BCUT2D eigenvalue weighted by Crippen LogP contribution is 2.28. The summed E-state index contributed by atoms with van der Waals surface area (Å²) in [6.45, 7) is 3.77. The van der Waals surface area contributed by atoms with E-state index in [4.69, 9.17) is 11.6 Å². The zero-order valence-corrected chi connectivity index (χ0v) is 13.1. The fourth-order valence-corrected chi connectivity index (χ4v) is 2.89. The third kappa shape index (κ3) is 3.05. The molecule has 0 aromatic carbocycles. The van der Waals surface area contributed by atoms with E-state index in [-0.39, 0.29) is 0 Å². The molecule has 1 aliphatic heterocycles. The Hall–Kier alpha value is -1.31. The molecule has 0 saturated carbocycles. The van der Waals surface area contributed by atoms with Crippen LogP contribution in [0.3, 0.4) is 0 Å². The summed E-state index contributed by atoms with van der Waals surface area (Å²) < 4.78 is 0. The van der Waals surface area contributed by atoms with Crippen LogP contribution in [0.2, 0.25) is 5.02 Å². The van der Waals surface area contributed by atoms with Crippen LogP contribution < -0.4 is 4.90 Å². The quantitative estimate of drug-likeness (QED) is 0.841. The number of rotatable bonds is 2. The number of nitrogens with zero attached hydrogens (tertiary/aromatic N) is 4. The number of nitriles is 1. The normalized spacial score (nSPS) is 19.8. The smallest absolute Gasteiger partial charge is 0.146 e. The van der Waals surface area contributed by atoms with Crippen molar-refractivity contribution in [3.63, 3.8) is 0 Å². The minimum absolute atomic E-state index is 0.561. The highest BCUT2D eigenvalue weighted by Gasteiger charge is 2.22. The van der Waals surface area contributed by atoms with E-state index in [2.05, 4.69) is 34.9 Å². The van der Waals surface area contributed by atoms with E-state index in [0.29, 0.717) is 16.6 Å². The molecule has 1 aliphatic rings. The first-order valence-electron chi connectivity index (χ1n) is 7.01. The second-order valence-corrected chi connectivity index (χ2v) is 5.98. The Morgan fingerprint density at radius 3 is 2.80 bits per heavy atom. The number of hydrogen-bond acceptors (Lipinski definition) is 4. The van der Waals surface area contributed by atoms with E-state index in [1.165, 1.54) is 6.42 Å². The summed E-state index contributed by atoms with van der Waals surface area (Å²) in [4.78, 5) is 8.92. The Kier molecular flexibility index (Phi) is 4.85. The summed E-state index contributed by atoms with van der Waals surface area (Å²) in [7, 11) is 4.26. The molecular weight excluding hydrogens is 272 g/mol. The summed E-state index contributed by atoms with van der Waals surface area (Å²) in [5.74, 6) is 0.786. The number of aromatic nitrogens is 1. The minimum atomic E-state index is 0.561. The van der Waals surface area contributed by atoms with Gasteiger partial charge in [0.05, 0.1) is 10.6 Å². The molecule has 4 nitrogen and oxygen atoms in total. The van der Waals surface area contributed by atoms with Gasteiger partial charge in [-0.3, -0.25) is 0 Å². The molecule has 1 aromatic heterocycles. The molecule has 0 spiro atoms. The lowest BCUT2D eigenvalue weighted by atomic mass is 10.1. The third-order valence-electron chi connectivity index (χ3n) is 4.10. The van der Waals surface area contributed by atoms with E-state index in [0.717, 1.165) is 37.3 Å². The van der Waals surface area contributed by atoms with E-state index < -0.39 is 0 Å². The first kappa shape index (κ1) is 15.1. The van der Waals surface area contributed by atoms with Crippen LogP contribution in [0.25, 0.3) is 0 Å². The molecule has 1 atom stereocenters. The van der Waals surface area contributed by atoms with Crippen molar-refractivity contribution < 1.29 is 0 Å². The van der Waals surface area contributed by atoms with Crippen molar-refractivity contribution in [2.45, 2.75) is 32.2 Å². The van der Waals surface area contributed by atoms with Crippen LogP contribution in [0.5, 0.6) is 0 Å². The van der Waals surface area contributed by atoms with Crippen LogP contribution >= 0.6 is 11.6 Å². The van der Waals surface area contributed by atoms with Crippen molar-refractivity contribution in [1.29, 1.82) is 5.26 Å². The SMILES string of the molecule is Cc1c(Cl)cnc(N2CCCC(N(C)C)CC2)c1C#N. The number of halogens is 1. The Morgan fingerprint density at radius 1 is 1.40 bits per heavy atom. The average molecular weight is 293 g/mol. The van der Waals surface area contributed by atoms with E-state index in [1.807, 2.05) is 6.92 Å². The topological polar surface area (TPSA) is 43.2 Å². The predicted octanol–water partition coefficient (Wildman–Crippen LogP) is 2.84. The van der Waals surface area contributed by atoms with Crippen LogP contribution in [0.1, 0.15) is 30.4 Å². The van der Waals surface area contributed by atoms with Crippen LogP contribution in [-0.2, 0) is 0 Å². The van der Waals surface area contributed by atoms with Gasteiger partial charge in [-0.25, -0.2) is 4.98 Å². The molecular formula is C15H21ClN4. The second-order valence-electron chi connectivity index (χ2n) is 5.58. The summed E-state index contributed by atoms with van der Waals surface area (Å²) in [6, 6.07) is 2.87. The fourth-order valence-electron chi connectivity index (χ4n) is 2.75. The maximum atomic E-state index is 9.38. The van der Waals surface area contributed by atoms with Gasteiger partial charge < -0.3 is 9.80 Å². The molecule has 1 saturated heterocycles. The van der Waals surface area contributed by atoms with E-state index >= 15 is 0 Å². The molecule has 1 unspecified atom stereocenters. The lowest BCUT2D eigenvalue weighted by Gasteiger charge is -2.25. The number of anilines is 1. The van der Waals surface area contributed by atoms with Crippen molar-refractivity contribution in [1.82, 2.24) is 9.88 Å². The van der Waals surface area contributed by atoms with Gasteiger partial charge in [0.15, 0.2) is 0 Å². The van der Waals surface area contributed by atoms with Crippen molar-refractivity contribution in [2.75, 3.05) is 32.1 Å². The van der Waals surface area contributed by atoms with Crippen molar-refractivity contribution in [3.05, 3.63) is 22.3 Å². The van der Waals surface area contributed by atoms with Crippen molar-refractivity contribution in [3.8, 4) is 6.07 Å². The summed E-state index contributed by atoms with van der Waals surface area (Å²) in [5.41, 5.74) is 1.44. The summed E-state index contributed by atoms with van der Waals surface area (Å²) in [5, 5.41) is 9.94. The molecule has 20 heavy (non-hydrogen) atoms. The van der Waals surface area contributed by atoms with Gasteiger partial charge in [-0.1, -0.05) is 11.6 Å². The largest absolute Gasteiger partial charge is 0.355 e. The van der Waals surface area contributed by atoms with Gasteiger partial charge in [-0.05, 0) is 45.8 Å². The van der Waals surface area contributed by atoms with Crippen LogP contribution in [0.15, 0.2) is 6.20 Å². The monoisotopic (exact) mass is 292 g/mol. The fraction of sp³-hybridized carbons (Fsp3) is 0.600. The number of hydrogen-bond donors (Lipinski definition) is 0. The van der Waals surface area contributed by atoms with Gasteiger partial charge >= 0.3 is 0 Å². The minimum Gasteiger partial charge on any atom is -0.355 e. The molecule has 0 radical (unpaired) electrons. The molecule has 5 heteroatoms. The molecule has 2 heterocycles. The molecule has 0 bridgehead atoms. The molecule has 0 aliphatic carbocycles. The lowest BCUT2D eigenvalue weighted by Crippen LogP contribution is -2.30. The molecule has 1 fully saturated rings. The van der Waals surface area contributed by atoms with Gasteiger partial charge in [0, 0.05) is 25.3 Å². The van der Waals surface area contributed by atoms with Crippen LogP contribution in [0.4, 0.5) is 5.82 Å². The van der Waals surface area contributed by atoms with Gasteiger partial charge in [-0.2, -0.15) is 5.26 Å². The molecule has 0 amide bonds. The van der Waals surface area contributed by atoms with Gasteiger partial charge in [-0.15, -0.1) is 0 Å².